The van der Waals surface area contributed by atoms with Crippen LogP contribution in [-0.2, 0) is 6.54 Å². The average Bonchev–Trinajstić information content (AvgIpc) is 2.39. The zero-order valence-corrected chi connectivity index (χ0v) is 13.7. The zero-order chi connectivity index (χ0) is 14.5. The molecule has 0 aliphatic rings. The summed E-state index contributed by atoms with van der Waals surface area (Å²) in [5, 5.41) is 4.27. The molecule has 0 spiro atoms. The topological polar surface area (TPSA) is 12.0 Å². The Morgan fingerprint density at radius 1 is 1.15 bits per heavy atom. The Morgan fingerprint density at radius 2 is 1.95 bits per heavy atom. The highest BCUT2D eigenvalue weighted by atomic mass is 35.5. The van der Waals surface area contributed by atoms with Gasteiger partial charge < -0.3 is 5.32 Å². The zero-order valence-electron chi connectivity index (χ0n) is 12.1. The van der Waals surface area contributed by atoms with Gasteiger partial charge in [0.25, 0.3) is 0 Å². The average molecular weight is 306 g/mol. The molecule has 106 valence electrons. The van der Waals surface area contributed by atoms with Crippen LogP contribution in [0.4, 0.5) is 0 Å². The fourth-order valence-electron chi connectivity index (χ4n) is 1.92. The maximum atomic E-state index is 6.05. The molecule has 0 saturated carbocycles. The molecule has 3 heteroatoms. The summed E-state index contributed by atoms with van der Waals surface area (Å²) in [4.78, 5) is 2.46. The minimum absolute atomic E-state index is 0.486. The molecule has 2 rings (SSSR count). The lowest BCUT2D eigenvalue weighted by molar-refractivity contribution is 0.584. The fourth-order valence-corrected chi connectivity index (χ4v) is 3.16. The Kier molecular flexibility index (Phi) is 5.53. The molecule has 20 heavy (non-hydrogen) atoms. The van der Waals surface area contributed by atoms with Gasteiger partial charge in [-0.25, -0.2) is 0 Å². The summed E-state index contributed by atoms with van der Waals surface area (Å²) in [6, 6.07) is 15.1. The lowest BCUT2D eigenvalue weighted by Gasteiger charge is -2.13. The summed E-state index contributed by atoms with van der Waals surface area (Å²) in [5.74, 6) is 0. The van der Waals surface area contributed by atoms with Gasteiger partial charge in [0.1, 0.15) is 0 Å². The van der Waals surface area contributed by atoms with Crippen LogP contribution in [0.3, 0.4) is 0 Å². The molecule has 0 aliphatic carbocycles. The van der Waals surface area contributed by atoms with E-state index in [0.717, 1.165) is 11.6 Å². The first-order valence-electron chi connectivity index (χ1n) is 6.81. The normalized spacial score (nSPS) is 11.1. The van der Waals surface area contributed by atoms with Crippen molar-refractivity contribution in [1.29, 1.82) is 0 Å². The molecular weight excluding hydrogens is 286 g/mol. The Bertz CT molecular complexity index is 581. The molecule has 0 radical (unpaired) electrons. The van der Waals surface area contributed by atoms with Crippen LogP contribution in [-0.4, -0.2) is 6.04 Å². The Balaban J connectivity index is 2.21. The first-order chi connectivity index (χ1) is 9.54. The highest BCUT2D eigenvalue weighted by Gasteiger charge is 2.06. The van der Waals surface area contributed by atoms with Crippen molar-refractivity contribution in [2.75, 3.05) is 0 Å². The van der Waals surface area contributed by atoms with Gasteiger partial charge in [-0.3, -0.25) is 0 Å². The molecule has 0 fully saturated rings. The van der Waals surface area contributed by atoms with Crippen LogP contribution < -0.4 is 5.32 Å². The van der Waals surface area contributed by atoms with Crippen molar-refractivity contribution in [2.45, 2.75) is 43.1 Å². The third-order valence-electron chi connectivity index (χ3n) is 2.94. The van der Waals surface area contributed by atoms with E-state index in [1.54, 1.807) is 11.8 Å². The summed E-state index contributed by atoms with van der Waals surface area (Å²) < 4.78 is 0. The molecule has 0 atom stereocenters. The summed E-state index contributed by atoms with van der Waals surface area (Å²) >= 11 is 7.82. The predicted molar refractivity (Wildman–Crippen MR) is 88.7 cm³/mol. The number of hydrogen-bond donors (Lipinski definition) is 1. The summed E-state index contributed by atoms with van der Waals surface area (Å²) in [6.45, 7) is 7.36. The largest absolute Gasteiger partial charge is 0.310 e. The van der Waals surface area contributed by atoms with E-state index in [-0.39, 0.29) is 0 Å². The molecule has 0 unspecified atom stereocenters. The molecule has 1 nitrogen and oxygen atoms in total. The highest BCUT2D eigenvalue weighted by Crippen LogP contribution is 2.32. The van der Waals surface area contributed by atoms with Crippen molar-refractivity contribution in [3.63, 3.8) is 0 Å². The lowest BCUT2D eigenvalue weighted by Crippen LogP contribution is -2.22. The van der Waals surface area contributed by atoms with E-state index in [1.807, 2.05) is 18.2 Å². The fraction of sp³-hybridized carbons (Fsp3) is 0.294. The van der Waals surface area contributed by atoms with Crippen LogP contribution in [0.25, 0.3) is 0 Å². The smallest absolute Gasteiger partial charge is 0.0417 e. The van der Waals surface area contributed by atoms with E-state index in [9.17, 15) is 0 Å². The van der Waals surface area contributed by atoms with Crippen LogP contribution in [0.2, 0.25) is 5.02 Å². The van der Waals surface area contributed by atoms with Crippen molar-refractivity contribution in [1.82, 2.24) is 5.32 Å². The standard InChI is InChI=1S/C17H20ClNS/c1-12(2)19-11-14-9-13(3)7-8-17(14)20-16-6-4-5-15(18)10-16/h4-10,12,19H,11H2,1-3H3. The van der Waals surface area contributed by atoms with E-state index < -0.39 is 0 Å². The number of nitrogens with one attached hydrogen (secondary N) is 1. The lowest BCUT2D eigenvalue weighted by atomic mass is 10.1. The first-order valence-corrected chi connectivity index (χ1v) is 8.00. The number of halogens is 1. The van der Waals surface area contributed by atoms with Gasteiger partial charge in [0, 0.05) is 27.4 Å². The Labute approximate surface area is 130 Å². The quantitative estimate of drug-likeness (QED) is 0.804. The van der Waals surface area contributed by atoms with Crippen molar-refractivity contribution < 1.29 is 0 Å². The number of rotatable bonds is 5. The van der Waals surface area contributed by atoms with Gasteiger partial charge in [-0.15, -0.1) is 0 Å². The third kappa shape index (κ3) is 4.55. The van der Waals surface area contributed by atoms with Gasteiger partial charge in [-0.2, -0.15) is 0 Å². The van der Waals surface area contributed by atoms with Crippen LogP contribution in [0.5, 0.6) is 0 Å². The van der Waals surface area contributed by atoms with Gasteiger partial charge in [0.2, 0.25) is 0 Å². The Morgan fingerprint density at radius 3 is 2.65 bits per heavy atom. The van der Waals surface area contributed by atoms with E-state index >= 15 is 0 Å². The molecule has 2 aromatic rings. The van der Waals surface area contributed by atoms with Crippen molar-refractivity contribution in [3.8, 4) is 0 Å². The molecule has 0 aromatic heterocycles. The number of aryl methyl sites for hydroxylation is 1. The third-order valence-corrected chi connectivity index (χ3v) is 4.28. The van der Waals surface area contributed by atoms with Gasteiger partial charge in [0.05, 0.1) is 0 Å². The molecule has 2 aromatic carbocycles. The summed E-state index contributed by atoms with van der Waals surface area (Å²) in [7, 11) is 0. The second-order valence-electron chi connectivity index (χ2n) is 5.21. The molecule has 0 amide bonds. The predicted octanol–water partition coefficient (Wildman–Crippen LogP) is 5.30. The van der Waals surface area contributed by atoms with Crippen molar-refractivity contribution in [3.05, 3.63) is 58.6 Å². The van der Waals surface area contributed by atoms with Crippen molar-refractivity contribution >= 4 is 23.4 Å². The molecular formula is C17H20ClNS. The minimum Gasteiger partial charge on any atom is -0.310 e. The SMILES string of the molecule is Cc1ccc(Sc2cccc(Cl)c2)c(CNC(C)C)c1. The van der Waals surface area contributed by atoms with Crippen LogP contribution in [0, 0.1) is 6.92 Å². The van der Waals surface area contributed by atoms with Crippen molar-refractivity contribution in [2.24, 2.45) is 0 Å². The summed E-state index contributed by atoms with van der Waals surface area (Å²) in [5.41, 5.74) is 2.63. The minimum atomic E-state index is 0.486. The second-order valence-corrected chi connectivity index (χ2v) is 6.76. The number of hydrogen-bond acceptors (Lipinski definition) is 2. The van der Waals surface area contributed by atoms with Gasteiger partial charge in [-0.05, 0) is 36.8 Å². The monoisotopic (exact) mass is 305 g/mol. The van der Waals surface area contributed by atoms with E-state index in [0.29, 0.717) is 6.04 Å². The molecule has 0 heterocycles. The van der Waals surface area contributed by atoms with Gasteiger partial charge in [0.15, 0.2) is 0 Å². The van der Waals surface area contributed by atoms with E-state index in [4.69, 9.17) is 11.6 Å². The molecule has 1 N–H and O–H groups in total. The van der Waals surface area contributed by atoms with Gasteiger partial charge in [-0.1, -0.05) is 61.0 Å². The highest BCUT2D eigenvalue weighted by molar-refractivity contribution is 7.99. The Hall–Kier alpha value is -0.960. The maximum absolute atomic E-state index is 6.05. The second kappa shape index (κ2) is 7.16. The number of benzene rings is 2. The first kappa shape index (κ1) is 15.4. The molecule has 0 aliphatic heterocycles. The van der Waals surface area contributed by atoms with Crippen LogP contribution in [0.1, 0.15) is 25.0 Å². The van der Waals surface area contributed by atoms with Gasteiger partial charge >= 0.3 is 0 Å². The van der Waals surface area contributed by atoms with E-state index in [1.165, 1.54) is 20.9 Å². The maximum Gasteiger partial charge on any atom is 0.0417 e. The molecule has 0 bridgehead atoms. The van der Waals surface area contributed by atoms with Crippen LogP contribution >= 0.6 is 23.4 Å². The van der Waals surface area contributed by atoms with Crippen LogP contribution in [0.15, 0.2) is 52.3 Å². The molecule has 0 saturated heterocycles. The summed E-state index contributed by atoms with van der Waals surface area (Å²) in [6.07, 6.45) is 0. The van der Waals surface area contributed by atoms with E-state index in [2.05, 4.69) is 50.4 Å².